The lowest BCUT2D eigenvalue weighted by Gasteiger charge is -2.31. The summed E-state index contributed by atoms with van der Waals surface area (Å²) < 4.78 is 61.2. The minimum absolute atomic E-state index is 0. The summed E-state index contributed by atoms with van der Waals surface area (Å²) in [5.41, 5.74) is -5.22. The first-order valence-corrected chi connectivity index (χ1v) is 11.4. The Morgan fingerprint density at radius 1 is 1.07 bits per heavy atom. The number of alkyl halides is 3. The molecule has 2 aliphatic heterocycles. The summed E-state index contributed by atoms with van der Waals surface area (Å²) in [6.45, 7) is 4.73. The van der Waals surface area contributed by atoms with Gasteiger partial charge >= 0.3 is 15.5 Å². The second-order valence-electron chi connectivity index (χ2n) is 7.43. The van der Waals surface area contributed by atoms with Crippen LogP contribution in [0.25, 0.3) is 0 Å². The molecule has 2 rings (SSSR count). The molecule has 0 radical (unpaired) electrons. The summed E-state index contributed by atoms with van der Waals surface area (Å²) in [4.78, 5) is 6.65. The van der Waals surface area contributed by atoms with Gasteiger partial charge in [-0.25, -0.2) is 8.42 Å². The third-order valence-electron chi connectivity index (χ3n) is 5.38. The van der Waals surface area contributed by atoms with Crippen LogP contribution in [0.4, 0.5) is 13.2 Å². The molecule has 2 heterocycles. The maximum absolute atomic E-state index is 12.6. The summed E-state index contributed by atoms with van der Waals surface area (Å²) in [5, 5.41) is 6.45. The van der Waals surface area contributed by atoms with Crippen molar-refractivity contribution in [1.29, 1.82) is 0 Å². The summed E-state index contributed by atoms with van der Waals surface area (Å²) in [6.07, 6.45) is 5.58. The number of aliphatic imine (C=N–C) groups is 1. The molecule has 0 amide bonds. The van der Waals surface area contributed by atoms with Gasteiger partial charge in [0.2, 0.25) is 0 Å². The molecule has 0 spiro atoms. The zero-order valence-electron chi connectivity index (χ0n) is 16.9. The SMILES string of the molecule is CN=C(NCCCCN1CCCC1)NCC1CCN(S(=O)(=O)C(F)(F)F)CC1.I. The van der Waals surface area contributed by atoms with Crippen LogP contribution >= 0.6 is 24.0 Å². The van der Waals surface area contributed by atoms with Crippen LogP contribution in [-0.4, -0.2) is 82.0 Å². The third-order valence-corrected chi connectivity index (χ3v) is 7.01. The van der Waals surface area contributed by atoms with Crippen LogP contribution in [0, 0.1) is 5.92 Å². The van der Waals surface area contributed by atoms with Crippen LogP contribution < -0.4 is 10.6 Å². The van der Waals surface area contributed by atoms with Gasteiger partial charge in [-0.1, -0.05) is 0 Å². The molecule has 7 nitrogen and oxygen atoms in total. The van der Waals surface area contributed by atoms with Crippen molar-refractivity contribution in [2.24, 2.45) is 10.9 Å². The van der Waals surface area contributed by atoms with E-state index in [1.807, 2.05) is 0 Å². The van der Waals surface area contributed by atoms with Gasteiger partial charge in [0.25, 0.3) is 0 Å². The molecule has 29 heavy (non-hydrogen) atoms. The van der Waals surface area contributed by atoms with E-state index in [2.05, 4.69) is 20.5 Å². The highest BCUT2D eigenvalue weighted by Gasteiger charge is 2.50. The monoisotopic (exact) mass is 555 g/mol. The normalized spacial score (nSPS) is 20.5. The quantitative estimate of drug-likeness (QED) is 0.208. The summed E-state index contributed by atoms with van der Waals surface area (Å²) in [6, 6.07) is 0. The van der Waals surface area contributed by atoms with E-state index < -0.39 is 15.5 Å². The number of unbranched alkanes of at least 4 members (excludes halogenated alkanes) is 1. The van der Waals surface area contributed by atoms with Gasteiger partial charge in [0, 0.05) is 33.2 Å². The molecule has 0 bridgehead atoms. The highest BCUT2D eigenvalue weighted by atomic mass is 127. The number of piperidine rings is 1. The Hall–Kier alpha value is -0.340. The Morgan fingerprint density at radius 3 is 2.24 bits per heavy atom. The van der Waals surface area contributed by atoms with Crippen LogP contribution in [0.5, 0.6) is 0 Å². The number of hydrogen-bond acceptors (Lipinski definition) is 4. The van der Waals surface area contributed by atoms with Gasteiger partial charge in [0.05, 0.1) is 0 Å². The van der Waals surface area contributed by atoms with E-state index in [-0.39, 0.29) is 43.0 Å². The van der Waals surface area contributed by atoms with Crippen LogP contribution in [0.15, 0.2) is 4.99 Å². The topological polar surface area (TPSA) is 77.0 Å². The number of sulfonamides is 1. The van der Waals surface area contributed by atoms with Gasteiger partial charge in [-0.2, -0.15) is 17.5 Å². The molecule has 12 heteroatoms. The standard InChI is InChI=1S/C17H32F3N5O2S.HI/c1-21-16(22-8-2-3-9-24-10-4-5-11-24)23-14-15-6-12-25(13-7-15)28(26,27)17(18,19)20;/h15H,2-14H2,1H3,(H2,21,22,23);1H. The van der Waals surface area contributed by atoms with Crippen molar-refractivity contribution in [2.75, 3.05) is 52.9 Å². The van der Waals surface area contributed by atoms with E-state index in [0.29, 0.717) is 29.7 Å². The Morgan fingerprint density at radius 2 is 1.69 bits per heavy atom. The predicted molar refractivity (Wildman–Crippen MR) is 119 cm³/mol. The maximum Gasteiger partial charge on any atom is 0.511 e. The molecule has 172 valence electrons. The molecule has 0 unspecified atom stereocenters. The minimum atomic E-state index is -5.22. The van der Waals surface area contributed by atoms with Crippen molar-refractivity contribution in [3.63, 3.8) is 0 Å². The van der Waals surface area contributed by atoms with Crippen molar-refractivity contribution in [3.8, 4) is 0 Å². The van der Waals surface area contributed by atoms with Gasteiger partial charge in [-0.15, -0.1) is 24.0 Å². The number of nitrogens with one attached hydrogen (secondary N) is 2. The lowest BCUT2D eigenvalue weighted by atomic mass is 9.98. The molecule has 0 aromatic heterocycles. The molecule has 0 aliphatic carbocycles. The third kappa shape index (κ3) is 8.37. The number of hydrogen-bond donors (Lipinski definition) is 2. The lowest BCUT2D eigenvalue weighted by Crippen LogP contribution is -2.47. The van der Waals surface area contributed by atoms with Crippen LogP contribution in [0.1, 0.15) is 38.5 Å². The highest BCUT2D eigenvalue weighted by Crippen LogP contribution is 2.30. The van der Waals surface area contributed by atoms with Crippen molar-refractivity contribution in [1.82, 2.24) is 19.8 Å². The summed E-state index contributed by atoms with van der Waals surface area (Å²) in [5.74, 6) is 0.792. The van der Waals surface area contributed by atoms with Gasteiger partial charge in [-0.3, -0.25) is 4.99 Å². The largest absolute Gasteiger partial charge is 0.511 e. The molecule has 0 atom stereocenters. The van der Waals surface area contributed by atoms with Crippen molar-refractivity contribution in [3.05, 3.63) is 0 Å². The fourth-order valence-corrected chi connectivity index (χ4v) is 4.62. The number of likely N-dealkylation sites (tertiary alicyclic amines) is 1. The zero-order valence-corrected chi connectivity index (χ0v) is 20.0. The van der Waals surface area contributed by atoms with E-state index >= 15 is 0 Å². The van der Waals surface area contributed by atoms with E-state index in [0.717, 1.165) is 25.9 Å². The number of nitrogens with zero attached hydrogens (tertiary/aromatic N) is 3. The average molecular weight is 555 g/mol. The predicted octanol–water partition coefficient (Wildman–Crippen LogP) is 2.21. The summed E-state index contributed by atoms with van der Waals surface area (Å²) in [7, 11) is -3.53. The zero-order chi connectivity index (χ0) is 20.6. The van der Waals surface area contributed by atoms with Crippen molar-refractivity contribution < 1.29 is 21.6 Å². The van der Waals surface area contributed by atoms with E-state index in [4.69, 9.17) is 0 Å². The Balaban J connectivity index is 0.00000420. The smallest absolute Gasteiger partial charge is 0.356 e. The molecule has 0 aromatic carbocycles. The Labute approximate surface area is 188 Å². The molecule has 0 aromatic rings. The van der Waals surface area contributed by atoms with E-state index in [1.165, 1.54) is 25.9 Å². The highest BCUT2D eigenvalue weighted by molar-refractivity contribution is 14.0. The first-order valence-electron chi connectivity index (χ1n) is 9.97. The number of halogens is 4. The van der Waals surface area contributed by atoms with Crippen LogP contribution in [0.2, 0.25) is 0 Å². The number of guanidine groups is 1. The fourth-order valence-electron chi connectivity index (χ4n) is 3.64. The van der Waals surface area contributed by atoms with Crippen molar-refractivity contribution >= 4 is 40.0 Å². The van der Waals surface area contributed by atoms with Gasteiger partial charge in [0.15, 0.2) is 5.96 Å². The first-order chi connectivity index (χ1) is 13.2. The second-order valence-corrected chi connectivity index (χ2v) is 9.36. The van der Waals surface area contributed by atoms with Crippen molar-refractivity contribution in [2.45, 2.75) is 44.0 Å². The van der Waals surface area contributed by atoms with Crippen LogP contribution in [0.3, 0.4) is 0 Å². The Bertz CT molecular complexity index is 605. The molecule has 2 aliphatic rings. The van der Waals surface area contributed by atoms with Gasteiger partial charge in [-0.05, 0) is 64.1 Å². The second kappa shape index (κ2) is 12.5. The first kappa shape index (κ1) is 26.7. The van der Waals surface area contributed by atoms with E-state index in [1.54, 1.807) is 7.05 Å². The van der Waals surface area contributed by atoms with E-state index in [9.17, 15) is 21.6 Å². The molecule has 0 saturated carbocycles. The molecular formula is C17H33F3IN5O2S. The summed E-state index contributed by atoms with van der Waals surface area (Å²) >= 11 is 0. The maximum atomic E-state index is 12.6. The Kier molecular flexibility index (Phi) is 11.5. The van der Waals surface area contributed by atoms with Gasteiger partial charge in [0.1, 0.15) is 0 Å². The van der Waals surface area contributed by atoms with Crippen LogP contribution in [-0.2, 0) is 10.0 Å². The van der Waals surface area contributed by atoms with Gasteiger partial charge < -0.3 is 15.5 Å². The molecular weight excluding hydrogens is 522 g/mol. The molecule has 2 N–H and O–H groups in total. The molecule has 2 fully saturated rings. The lowest BCUT2D eigenvalue weighted by molar-refractivity contribution is -0.0496. The molecule has 2 saturated heterocycles. The number of rotatable bonds is 8. The minimum Gasteiger partial charge on any atom is -0.356 e. The average Bonchev–Trinajstić information content (AvgIpc) is 3.17. The fraction of sp³-hybridized carbons (Fsp3) is 0.941.